The van der Waals surface area contributed by atoms with Gasteiger partial charge < -0.3 is 13.4 Å². The molecule has 8 nitrogen and oxygen atoms in total. The molecule has 0 spiro atoms. The van der Waals surface area contributed by atoms with E-state index in [1.54, 1.807) is 17.6 Å². The zero-order chi connectivity index (χ0) is 23.1. The molecule has 1 amide bonds. The van der Waals surface area contributed by atoms with Crippen LogP contribution >= 0.6 is 23.1 Å². The lowest BCUT2D eigenvalue weighted by Crippen LogP contribution is -2.28. The summed E-state index contributed by atoms with van der Waals surface area (Å²) >= 11 is 3.14. The third-order valence-corrected chi connectivity index (χ3v) is 7.75. The summed E-state index contributed by atoms with van der Waals surface area (Å²) < 4.78 is 13.6. The van der Waals surface area contributed by atoms with Crippen molar-refractivity contribution >= 4 is 34.7 Å². The Morgan fingerprint density at radius 2 is 2.12 bits per heavy atom. The highest BCUT2D eigenvalue weighted by molar-refractivity contribution is 7.99. The molecule has 1 saturated carbocycles. The maximum absolute atomic E-state index is 13.3. The summed E-state index contributed by atoms with van der Waals surface area (Å²) in [5.74, 6) is 3.28. The molecular formula is C24H23N5O3S2. The van der Waals surface area contributed by atoms with Crippen molar-refractivity contribution in [3.63, 3.8) is 0 Å². The van der Waals surface area contributed by atoms with Gasteiger partial charge in [0.1, 0.15) is 34.9 Å². The second kappa shape index (κ2) is 8.92. The summed E-state index contributed by atoms with van der Waals surface area (Å²) in [6, 6.07) is 11.8. The van der Waals surface area contributed by atoms with Crippen molar-refractivity contribution < 1.29 is 13.6 Å². The molecule has 6 rings (SSSR count). The zero-order valence-electron chi connectivity index (χ0n) is 18.6. The van der Waals surface area contributed by atoms with E-state index < -0.39 is 0 Å². The highest BCUT2D eigenvalue weighted by Crippen LogP contribution is 2.40. The predicted molar refractivity (Wildman–Crippen MR) is 129 cm³/mol. The van der Waals surface area contributed by atoms with Gasteiger partial charge in [0.05, 0.1) is 12.0 Å². The van der Waals surface area contributed by atoms with E-state index in [2.05, 4.69) is 37.4 Å². The largest absolute Gasteiger partial charge is 0.467 e. The fraction of sp³-hybridized carbons (Fsp3) is 0.333. The molecule has 0 aromatic carbocycles. The third kappa shape index (κ3) is 4.23. The molecule has 0 N–H and O–H groups in total. The van der Waals surface area contributed by atoms with Crippen LogP contribution in [0, 0.1) is 6.92 Å². The topological polar surface area (TPSA) is 89.7 Å². The quantitative estimate of drug-likeness (QED) is 0.312. The van der Waals surface area contributed by atoms with E-state index in [1.807, 2.05) is 31.2 Å². The van der Waals surface area contributed by atoms with Gasteiger partial charge in [0.25, 0.3) is 5.91 Å². The number of aromatic nitrogens is 3. The van der Waals surface area contributed by atoms with E-state index in [9.17, 15) is 4.79 Å². The minimum atomic E-state index is -0.292. The molecule has 4 aromatic rings. The van der Waals surface area contributed by atoms with Gasteiger partial charge in [-0.3, -0.25) is 4.79 Å². The van der Waals surface area contributed by atoms with Crippen molar-refractivity contribution in [2.24, 2.45) is 5.10 Å². The molecule has 0 radical (unpaired) electrons. The molecule has 0 saturated heterocycles. The molecule has 1 aliphatic heterocycles. The first-order valence-electron chi connectivity index (χ1n) is 11.2. The lowest BCUT2D eigenvalue weighted by atomic mass is 10.1. The van der Waals surface area contributed by atoms with Crippen LogP contribution in [-0.4, -0.2) is 37.1 Å². The zero-order valence-corrected chi connectivity index (χ0v) is 20.2. The van der Waals surface area contributed by atoms with Gasteiger partial charge >= 0.3 is 0 Å². The Hall–Kier alpha value is -3.11. The number of aryl methyl sites for hydroxylation is 1. The van der Waals surface area contributed by atoms with Gasteiger partial charge in [-0.15, -0.1) is 21.5 Å². The summed E-state index contributed by atoms with van der Waals surface area (Å²) in [7, 11) is 0. The number of carbonyl (C=O) groups excluding carboxylic acids is 1. The Balaban J connectivity index is 1.21. The van der Waals surface area contributed by atoms with Gasteiger partial charge in [0, 0.05) is 23.8 Å². The van der Waals surface area contributed by atoms with Crippen LogP contribution in [0.1, 0.15) is 59.3 Å². The summed E-state index contributed by atoms with van der Waals surface area (Å²) in [5, 5.41) is 17.9. The molecule has 0 bridgehead atoms. The molecule has 10 heteroatoms. The minimum absolute atomic E-state index is 0.102. The van der Waals surface area contributed by atoms with Crippen LogP contribution < -0.4 is 0 Å². The van der Waals surface area contributed by atoms with Gasteiger partial charge in [0.2, 0.25) is 0 Å². The fourth-order valence-corrected chi connectivity index (χ4v) is 5.75. The number of hydrogen-bond acceptors (Lipinski definition) is 8. The van der Waals surface area contributed by atoms with Crippen molar-refractivity contribution in [1.29, 1.82) is 0 Å². The normalized spacial score (nSPS) is 18.0. The van der Waals surface area contributed by atoms with Gasteiger partial charge in [-0.1, -0.05) is 17.8 Å². The van der Waals surface area contributed by atoms with Crippen molar-refractivity contribution in [2.45, 2.75) is 49.8 Å². The number of furan rings is 2. The third-order valence-electron chi connectivity index (χ3n) is 5.95. The fourth-order valence-electron chi connectivity index (χ4n) is 4.17. The summed E-state index contributed by atoms with van der Waals surface area (Å²) in [6.45, 7) is 1.89. The number of rotatable bonds is 8. The lowest BCUT2D eigenvalue weighted by Gasteiger charge is -2.19. The number of amides is 1. The van der Waals surface area contributed by atoms with Crippen molar-refractivity contribution in [3.05, 3.63) is 76.0 Å². The Morgan fingerprint density at radius 1 is 1.21 bits per heavy atom. The van der Waals surface area contributed by atoms with E-state index in [1.165, 1.54) is 21.6 Å². The molecule has 2 aliphatic rings. The number of hydrazone groups is 1. The number of carbonyl (C=O) groups is 1. The number of nitrogens with zero attached hydrogens (tertiary/aromatic N) is 5. The molecule has 5 heterocycles. The van der Waals surface area contributed by atoms with Gasteiger partial charge in [-0.25, -0.2) is 5.01 Å². The summed E-state index contributed by atoms with van der Waals surface area (Å²) in [6.07, 6.45) is 5.17. The van der Waals surface area contributed by atoms with Crippen LogP contribution in [-0.2, 0) is 11.2 Å². The summed E-state index contributed by atoms with van der Waals surface area (Å²) in [4.78, 5) is 14.6. The average Bonchev–Trinajstić information content (AvgIpc) is 3.42. The molecule has 4 aromatic heterocycles. The van der Waals surface area contributed by atoms with Crippen LogP contribution in [0.25, 0.3) is 0 Å². The van der Waals surface area contributed by atoms with E-state index in [0.29, 0.717) is 24.0 Å². The molecule has 1 atom stereocenters. The Bertz CT molecular complexity index is 1320. The van der Waals surface area contributed by atoms with Gasteiger partial charge in [0.15, 0.2) is 5.16 Å². The van der Waals surface area contributed by atoms with Crippen molar-refractivity contribution in [3.8, 4) is 0 Å². The molecule has 0 unspecified atom stereocenters. The van der Waals surface area contributed by atoms with Crippen LogP contribution in [0.4, 0.5) is 0 Å². The van der Waals surface area contributed by atoms with Gasteiger partial charge in [-0.2, -0.15) is 5.10 Å². The van der Waals surface area contributed by atoms with E-state index in [4.69, 9.17) is 8.83 Å². The van der Waals surface area contributed by atoms with Crippen LogP contribution in [0.3, 0.4) is 0 Å². The Kier molecular flexibility index (Phi) is 5.62. The lowest BCUT2D eigenvalue weighted by molar-refractivity contribution is -0.130. The van der Waals surface area contributed by atoms with E-state index in [0.717, 1.165) is 41.7 Å². The first kappa shape index (κ1) is 21.4. The number of thioether (sulfide) groups is 1. The van der Waals surface area contributed by atoms with Crippen LogP contribution in [0.5, 0.6) is 0 Å². The van der Waals surface area contributed by atoms with Gasteiger partial charge in [-0.05, 0) is 55.5 Å². The smallest absolute Gasteiger partial charge is 0.253 e. The SMILES string of the molecule is Cc1ccc(C2=NN(C(=O)CSc3nnc(Cc4cccs4)n3C3CC3)[C@H](c3ccco3)C2)o1. The first-order chi connectivity index (χ1) is 16.7. The van der Waals surface area contributed by atoms with E-state index in [-0.39, 0.29) is 17.7 Å². The highest BCUT2D eigenvalue weighted by Gasteiger charge is 2.36. The van der Waals surface area contributed by atoms with Crippen LogP contribution in [0.15, 0.2) is 67.1 Å². The molecule has 1 aliphatic carbocycles. The average molecular weight is 494 g/mol. The minimum Gasteiger partial charge on any atom is -0.467 e. The Labute approximate surface area is 204 Å². The standard InChI is InChI=1S/C24H23N5O3S2/c1-15-6-9-20(32-15)18-13-19(21-5-2-10-31-21)29(27-18)23(30)14-34-24-26-25-22(28(24)16-7-8-16)12-17-4-3-11-33-17/h2-6,9-11,16,19H,7-8,12-14H2,1H3/t19-/m0/s1. The molecular weight excluding hydrogens is 470 g/mol. The van der Waals surface area contributed by atoms with Crippen LogP contribution in [0.2, 0.25) is 0 Å². The summed E-state index contributed by atoms with van der Waals surface area (Å²) in [5.41, 5.74) is 0.743. The molecule has 174 valence electrons. The maximum Gasteiger partial charge on any atom is 0.253 e. The monoisotopic (exact) mass is 493 g/mol. The number of thiophene rings is 1. The molecule has 1 fully saturated rings. The predicted octanol–water partition coefficient (Wildman–Crippen LogP) is 5.23. The number of hydrogen-bond donors (Lipinski definition) is 0. The second-order valence-electron chi connectivity index (χ2n) is 8.48. The maximum atomic E-state index is 13.3. The second-order valence-corrected chi connectivity index (χ2v) is 10.5. The van der Waals surface area contributed by atoms with E-state index >= 15 is 0 Å². The first-order valence-corrected chi connectivity index (χ1v) is 13.1. The highest BCUT2D eigenvalue weighted by atomic mass is 32.2. The molecule has 34 heavy (non-hydrogen) atoms. The van der Waals surface area contributed by atoms with Crippen molar-refractivity contribution in [1.82, 2.24) is 19.8 Å². The van der Waals surface area contributed by atoms with Crippen molar-refractivity contribution in [2.75, 3.05) is 5.75 Å². The Morgan fingerprint density at radius 3 is 2.82 bits per heavy atom.